The predicted molar refractivity (Wildman–Crippen MR) is 62.2 cm³/mol. The maximum Gasteiger partial charge on any atom is 0.105 e. The van der Waals surface area contributed by atoms with Gasteiger partial charge in [0.2, 0.25) is 0 Å². The molecule has 0 aromatic carbocycles. The lowest BCUT2D eigenvalue weighted by atomic mass is 10.00. The van der Waals surface area contributed by atoms with Crippen molar-refractivity contribution < 1.29 is 9.15 Å². The summed E-state index contributed by atoms with van der Waals surface area (Å²) in [5.41, 5.74) is 5.99. The van der Waals surface area contributed by atoms with Gasteiger partial charge in [0, 0.05) is 25.6 Å². The molecule has 0 amide bonds. The molecule has 2 heterocycles. The zero-order valence-corrected chi connectivity index (χ0v) is 9.74. The molecule has 0 bridgehead atoms. The second kappa shape index (κ2) is 4.99. The van der Waals surface area contributed by atoms with Crippen molar-refractivity contribution >= 4 is 0 Å². The number of nitrogens with two attached hydrogens (primary N) is 1. The van der Waals surface area contributed by atoms with Crippen LogP contribution in [0.15, 0.2) is 22.8 Å². The van der Waals surface area contributed by atoms with Gasteiger partial charge in [-0.25, -0.2) is 0 Å². The summed E-state index contributed by atoms with van der Waals surface area (Å²) in [5, 5.41) is 3.44. The van der Waals surface area contributed by atoms with Crippen molar-refractivity contribution in [2.24, 2.45) is 5.73 Å². The van der Waals surface area contributed by atoms with Crippen LogP contribution >= 0.6 is 0 Å². The molecule has 1 saturated heterocycles. The largest absolute Gasteiger partial charge is 0.469 e. The highest BCUT2D eigenvalue weighted by Gasteiger charge is 2.30. The van der Waals surface area contributed by atoms with Crippen LogP contribution in [0, 0.1) is 0 Å². The number of rotatable bonds is 5. The second-order valence-corrected chi connectivity index (χ2v) is 4.73. The monoisotopic (exact) mass is 224 g/mol. The predicted octanol–water partition coefficient (Wildman–Crippen LogP) is 0.918. The van der Waals surface area contributed by atoms with E-state index in [2.05, 4.69) is 12.2 Å². The van der Waals surface area contributed by atoms with Gasteiger partial charge in [0.1, 0.15) is 5.76 Å². The van der Waals surface area contributed by atoms with Crippen LogP contribution in [0.3, 0.4) is 0 Å². The second-order valence-electron chi connectivity index (χ2n) is 4.73. The van der Waals surface area contributed by atoms with Crippen molar-refractivity contribution in [1.82, 2.24) is 5.32 Å². The molecular weight excluding hydrogens is 204 g/mol. The Morgan fingerprint density at radius 2 is 2.50 bits per heavy atom. The lowest BCUT2D eigenvalue weighted by molar-refractivity contribution is 0.176. The van der Waals surface area contributed by atoms with Crippen LogP contribution in [0.1, 0.15) is 19.1 Å². The molecule has 0 saturated carbocycles. The molecule has 2 atom stereocenters. The van der Waals surface area contributed by atoms with Crippen molar-refractivity contribution in [1.29, 1.82) is 0 Å². The Morgan fingerprint density at radius 3 is 3.12 bits per heavy atom. The molecule has 1 aliphatic heterocycles. The van der Waals surface area contributed by atoms with Crippen LogP contribution in [0.4, 0.5) is 0 Å². The standard InChI is InChI=1S/C12H20N2O2/c1-10(7-11-3-2-5-16-11)14-8-12(13)4-6-15-9-12/h2-3,5,10,14H,4,6-9,13H2,1H3. The fourth-order valence-electron chi connectivity index (χ4n) is 1.94. The smallest absolute Gasteiger partial charge is 0.105 e. The minimum atomic E-state index is -0.183. The highest BCUT2D eigenvalue weighted by molar-refractivity contribution is 5.00. The SMILES string of the molecule is CC(Cc1ccco1)NCC1(N)CCOC1. The van der Waals surface area contributed by atoms with Gasteiger partial charge in [-0.15, -0.1) is 0 Å². The fraction of sp³-hybridized carbons (Fsp3) is 0.667. The van der Waals surface area contributed by atoms with E-state index < -0.39 is 0 Å². The summed E-state index contributed by atoms with van der Waals surface area (Å²) in [6.07, 6.45) is 3.54. The molecule has 90 valence electrons. The first-order valence-corrected chi connectivity index (χ1v) is 5.80. The molecule has 0 aliphatic carbocycles. The van der Waals surface area contributed by atoms with Gasteiger partial charge in [-0.05, 0) is 25.5 Å². The molecule has 2 unspecified atom stereocenters. The number of hydrogen-bond donors (Lipinski definition) is 2. The van der Waals surface area contributed by atoms with Crippen LogP contribution in [0.25, 0.3) is 0 Å². The van der Waals surface area contributed by atoms with Gasteiger partial charge >= 0.3 is 0 Å². The molecule has 0 radical (unpaired) electrons. The van der Waals surface area contributed by atoms with E-state index in [9.17, 15) is 0 Å². The molecule has 4 heteroatoms. The summed E-state index contributed by atoms with van der Waals surface area (Å²) in [6, 6.07) is 4.28. The third kappa shape index (κ3) is 3.07. The minimum absolute atomic E-state index is 0.183. The highest BCUT2D eigenvalue weighted by Crippen LogP contribution is 2.14. The van der Waals surface area contributed by atoms with Crippen molar-refractivity contribution in [3.63, 3.8) is 0 Å². The lowest BCUT2D eigenvalue weighted by Crippen LogP contribution is -2.51. The Bertz CT molecular complexity index is 305. The topological polar surface area (TPSA) is 60.4 Å². The van der Waals surface area contributed by atoms with Crippen molar-refractivity contribution in [2.75, 3.05) is 19.8 Å². The van der Waals surface area contributed by atoms with E-state index >= 15 is 0 Å². The fourth-order valence-corrected chi connectivity index (χ4v) is 1.94. The summed E-state index contributed by atoms with van der Waals surface area (Å²) < 4.78 is 10.6. The Balaban J connectivity index is 1.73. The van der Waals surface area contributed by atoms with Gasteiger partial charge in [-0.2, -0.15) is 0 Å². The van der Waals surface area contributed by atoms with Crippen molar-refractivity contribution in [2.45, 2.75) is 31.3 Å². The molecule has 0 spiro atoms. The van der Waals surface area contributed by atoms with E-state index in [0.717, 1.165) is 31.8 Å². The van der Waals surface area contributed by atoms with Crippen molar-refractivity contribution in [3.05, 3.63) is 24.2 Å². The van der Waals surface area contributed by atoms with E-state index in [4.69, 9.17) is 14.9 Å². The maximum absolute atomic E-state index is 6.17. The molecule has 2 rings (SSSR count). The Morgan fingerprint density at radius 1 is 1.62 bits per heavy atom. The van der Waals surface area contributed by atoms with Crippen LogP contribution in [0.2, 0.25) is 0 Å². The van der Waals surface area contributed by atoms with E-state index in [1.165, 1.54) is 0 Å². The summed E-state index contributed by atoms with van der Waals surface area (Å²) in [7, 11) is 0. The van der Waals surface area contributed by atoms with Crippen LogP contribution in [-0.2, 0) is 11.2 Å². The average Bonchev–Trinajstić information content (AvgIpc) is 2.88. The number of hydrogen-bond acceptors (Lipinski definition) is 4. The third-order valence-electron chi connectivity index (χ3n) is 3.02. The number of furan rings is 1. The zero-order valence-electron chi connectivity index (χ0n) is 9.74. The van der Waals surface area contributed by atoms with Gasteiger partial charge in [-0.3, -0.25) is 0 Å². The van der Waals surface area contributed by atoms with Crippen LogP contribution in [-0.4, -0.2) is 31.3 Å². The minimum Gasteiger partial charge on any atom is -0.469 e. The molecule has 1 fully saturated rings. The third-order valence-corrected chi connectivity index (χ3v) is 3.02. The van der Waals surface area contributed by atoms with E-state index in [1.54, 1.807) is 6.26 Å². The van der Waals surface area contributed by atoms with Crippen LogP contribution < -0.4 is 11.1 Å². The maximum atomic E-state index is 6.17. The van der Waals surface area contributed by atoms with Crippen molar-refractivity contribution in [3.8, 4) is 0 Å². The first-order valence-electron chi connectivity index (χ1n) is 5.80. The summed E-state index contributed by atoms with van der Waals surface area (Å²) in [6.45, 7) is 4.38. The molecule has 16 heavy (non-hydrogen) atoms. The first kappa shape index (κ1) is 11.6. The lowest BCUT2D eigenvalue weighted by Gasteiger charge is -2.24. The summed E-state index contributed by atoms with van der Waals surface area (Å²) in [5.74, 6) is 1.01. The van der Waals surface area contributed by atoms with Crippen LogP contribution in [0.5, 0.6) is 0 Å². The number of ether oxygens (including phenoxy) is 1. The highest BCUT2D eigenvalue weighted by atomic mass is 16.5. The van der Waals surface area contributed by atoms with Gasteiger partial charge in [-0.1, -0.05) is 0 Å². The molecular formula is C12H20N2O2. The van der Waals surface area contributed by atoms with Gasteiger partial charge < -0.3 is 20.2 Å². The molecule has 1 aromatic heterocycles. The molecule has 1 aromatic rings. The average molecular weight is 224 g/mol. The Labute approximate surface area is 96.1 Å². The van der Waals surface area contributed by atoms with E-state index in [0.29, 0.717) is 12.6 Å². The van der Waals surface area contributed by atoms with E-state index in [1.807, 2.05) is 12.1 Å². The molecule has 4 nitrogen and oxygen atoms in total. The molecule has 3 N–H and O–H groups in total. The Hall–Kier alpha value is -0.840. The van der Waals surface area contributed by atoms with Gasteiger partial charge in [0.15, 0.2) is 0 Å². The summed E-state index contributed by atoms with van der Waals surface area (Å²) >= 11 is 0. The first-order chi connectivity index (χ1) is 7.68. The summed E-state index contributed by atoms with van der Waals surface area (Å²) in [4.78, 5) is 0. The quantitative estimate of drug-likeness (QED) is 0.780. The van der Waals surface area contributed by atoms with E-state index in [-0.39, 0.29) is 5.54 Å². The van der Waals surface area contributed by atoms with Gasteiger partial charge in [0.25, 0.3) is 0 Å². The normalized spacial score (nSPS) is 27.1. The van der Waals surface area contributed by atoms with Gasteiger partial charge in [0.05, 0.1) is 18.4 Å². The Kier molecular flexibility index (Phi) is 3.63. The molecule has 1 aliphatic rings. The number of nitrogens with one attached hydrogen (secondary N) is 1. The zero-order chi connectivity index (χ0) is 11.4.